The average Bonchev–Trinajstić information content (AvgIpc) is 2.91. The van der Waals surface area contributed by atoms with E-state index in [1.807, 2.05) is 6.92 Å². The highest BCUT2D eigenvalue weighted by Gasteiger charge is 2.24. The van der Waals surface area contributed by atoms with E-state index < -0.39 is 10.0 Å². The Labute approximate surface area is 135 Å². The van der Waals surface area contributed by atoms with Gasteiger partial charge in [0.05, 0.1) is 17.6 Å². The zero-order valence-corrected chi connectivity index (χ0v) is 14.8. The maximum atomic E-state index is 11.5. The van der Waals surface area contributed by atoms with E-state index in [2.05, 4.69) is 27.8 Å². The zero-order chi connectivity index (χ0) is 15.9. The van der Waals surface area contributed by atoms with Crippen molar-refractivity contribution in [3.63, 3.8) is 0 Å². The van der Waals surface area contributed by atoms with Gasteiger partial charge in [-0.3, -0.25) is 4.40 Å². The molecule has 3 rings (SSSR count). The van der Waals surface area contributed by atoms with Gasteiger partial charge in [0.1, 0.15) is 0 Å². The first-order valence-electron chi connectivity index (χ1n) is 7.47. The van der Waals surface area contributed by atoms with Gasteiger partial charge in [-0.1, -0.05) is 0 Å². The molecule has 1 saturated heterocycles. The van der Waals surface area contributed by atoms with Crippen LogP contribution in [0.2, 0.25) is 0 Å². The Kier molecular flexibility index (Phi) is 4.28. The van der Waals surface area contributed by atoms with Crippen LogP contribution < -0.4 is 5.32 Å². The fourth-order valence-electron chi connectivity index (χ4n) is 2.95. The molecule has 22 heavy (non-hydrogen) atoms. The van der Waals surface area contributed by atoms with Crippen LogP contribution in [0.4, 0.5) is 0 Å². The topological polar surface area (TPSA) is 66.7 Å². The summed E-state index contributed by atoms with van der Waals surface area (Å²) in [5.41, 5.74) is 2.26. The monoisotopic (exact) mass is 342 g/mol. The van der Waals surface area contributed by atoms with Crippen LogP contribution in [0.3, 0.4) is 0 Å². The summed E-state index contributed by atoms with van der Waals surface area (Å²) >= 11 is 1.70. The first-order chi connectivity index (χ1) is 10.3. The van der Waals surface area contributed by atoms with E-state index in [0.717, 1.165) is 30.0 Å². The molecule has 1 aliphatic heterocycles. The van der Waals surface area contributed by atoms with Gasteiger partial charge in [0.2, 0.25) is 10.0 Å². The lowest BCUT2D eigenvalue weighted by atomic mass is 10.1. The second kappa shape index (κ2) is 5.92. The van der Waals surface area contributed by atoms with E-state index in [1.165, 1.54) is 16.8 Å². The van der Waals surface area contributed by atoms with Crippen molar-refractivity contribution in [1.82, 2.24) is 19.0 Å². The fourth-order valence-corrected chi connectivity index (χ4v) is 4.72. The molecular weight excluding hydrogens is 320 g/mol. The Morgan fingerprint density at radius 2 is 2.05 bits per heavy atom. The third-order valence-corrected chi connectivity index (χ3v) is 6.42. The van der Waals surface area contributed by atoms with Gasteiger partial charge in [0.25, 0.3) is 0 Å². The molecule has 8 heteroatoms. The Bertz CT molecular complexity index is 770. The number of sulfonamides is 1. The lowest BCUT2D eigenvalue weighted by Crippen LogP contribution is -2.44. The average molecular weight is 342 g/mol. The maximum Gasteiger partial charge on any atom is 0.211 e. The number of fused-ring (bicyclic) bond motifs is 1. The summed E-state index contributed by atoms with van der Waals surface area (Å²) in [4.78, 5) is 6.89. The number of hydrogen-bond acceptors (Lipinski definition) is 5. The highest BCUT2D eigenvalue weighted by atomic mass is 32.2. The van der Waals surface area contributed by atoms with Crippen LogP contribution in [0.1, 0.15) is 29.1 Å². The van der Waals surface area contributed by atoms with E-state index in [-0.39, 0.29) is 0 Å². The second-order valence-electron chi connectivity index (χ2n) is 5.96. The molecular formula is C14H22N4O2S2. The largest absolute Gasteiger partial charge is 0.308 e. The van der Waals surface area contributed by atoms with Gasteiger partial charge in [0, 0.05) is 36.8 Å². The second-order valence-corrected chi connectivity index (χ2v) is 9.15. The molecule has 0 aromatic carbocycles. The molecule has 1 aliphatic rings. The molecule has 3 heterocycles. The fraction of sp³-hybridized carbons (Fsp3) is 0.643. The predicted octanol–water partition coefficient (Wildman–Crippen LogP) is 1.53. The van der Waals surface area contributed by atoms with Gasteiger partial charge in [-0.15, -0.1) is 11.3 Å². The van der Waals surface area contributed by atoms with Crippen molar-refractivity contribution in [3.05, 3.63) is 22.5 Å². The van der Waals surface area contributed by atoms with Crippen molar-refractivity contribution in [2.45, 2.75) is 39.3 Å². The summed E-state index contributed by atoms with van der Waals surface area (Å²) in [5, 5.41) is 3.56. The smallest absolute Gasteiger partial charge is 0.211 e. The van der Waals surface area contributed by atoms with Crippen LogP contribution in [-0.2, 0) is 16.6 Å². The van der Waals surface area contributed by atoms with Crippen LogP contribution in [0.25, 0.3) is 4.96 Å². The number of nitrogens with zero attached hydrogens (tertiary/aromatic N) is 3. The minimum absolute atomic E-state index is 0.364. The molecule has 0 amide bonds. The Hall–Kier alpha value is -0.960. The molecule has 0 radical (unpaired) electrons. The molecule has 0 bridgehead atoms. The van der Waals surface area contributed by atoms with Gasteiger partial charge in [-0.05, 0) is 26.7 Å². The first-order valence-corrected chi connectivity index (χ1v) is 10.1. The third kappa shape index (κ3) is 3.19. The molecule has 0 spiro atoms. The SMILES string of the molecule is Cc1cn2c(CNC3CCN(S(C)(=O)=O)CC3)c(C)nc2s1. The van der Waals surface area contributed by atoms with Crippen LogP contribution in [0.5, 0.6) is 0 Å². The third-order valence-electron chi connectivity index (χ3n) is 4.22. The number of aryl methyl sites for hydroxylation is 2. The van der Waals surface area contributed by atoms with Gasteiger partial charge in [-0.25, -0.2) is 17.7 Å². The maximum absolute atomic E-state index is 11.5. The number of rotatable bonds is 4. The van der Waals surface area contributed by atoms with Crippen molar-refractivity contribution in [2.24, 2.45) is 0 Å². The van der Waals surface area contributed by atoms with Crippen LogP contribution in [0.15, 0.2) is 6.20 Å². The summed E-state index contributed by atoms with van der Waals surface area (Å²) in [7, 11) is -3.05. The summed E-state index contributed by atoms with van der Waals surface area (Å²) in [6, 6.07) is 0.364. The van der Waals surface area contributed by atoms with Crippen molar-refractivity contribution in [3.8, 4) is 0 Å². The summed E-state index contributed by atoms with van der Waals surface area (Å²) in [6.07, 6.45) is 5.13. The number of thiazole rings is 1. The Morgan fingerprint density at radius 1 is 1.36 bits per heavy atom. The van der Waals surface area contributed by atoms with Gasteiger partial charge < -0.3 is 5.32 Å². The summed E-state index contributed by atoms with van der Waals surface area (Å²) < 4.78 is 26.8. The lowest BCUT2D eigenvalue weighted by molar-refractivity contribution is 0.289. The molecule has 0 unspecified atom stereocenters. The van der Waals surface area contributed by atoms with E-state index in [1.54, 1.807) is 15.6 Å². The van der Waals surface area contributed by atoms with Gasteiger partial charge >= 0.3 is 0 Å². The van der Waals surface area contributed by atoms with E-state index in [4.69, 9.17) is 0 Å². The van der Waals surface area contributed by atoms with Crippen molar-refractivity contribution in [1.29, 1.82) is 0 Å². The Balaban J connectivity index is 1.62. The molecule has 122 valence electrons. The van der Waals surface area contributed by atoms with Gasteiger partial charge in [0.15, 0.2) is 4.96 Å². The van der Waals surface area contributed by atoms with Gasteiger partial charge in [-0.2, -0.15) is 0 Å². The minimum atomic E-state index is -3.05. The molecule has 6 nitrogen and oxygen atoms in total. The first kappa shape index (κ1) is 15.9. The van der Waals surface area contributed by atoms with Crippen molar-refractivity contribution in [2.75, 3.05) is 19.3 Å². The van der Waals surface area contributed by atoms with E-state index >= 15 is 0 Å². The number of aromatic nitrogens is 2. The quantitative estimate of drug-likeness (QED) is 0.915. The highest BCUT2D eigenvalue weighted by molar-refractivity contribution is 7.88. The summed E-state index contributed by atoms with van der Waals surface area (Å²) in [5.74, 6) is 0. The number of piperidine rings is 1. The predicted molar refractivity (Wildman–Crippen MR) is 88.8 cm³/mol. The minimum Gasteiger partial charge on any atom is -0.308 e. The number of imidazole rings is 1. The molecule has 0 atom stereocenters. The number of nitrogens with one attached hydrogen (secondary N) is 1. The van der Waals surface area contributed by atoms with Crippen molar-refractivity contribution < 1.29 is 8.42 Å². The van der Waals surface area contributed by atoms with Crippen LogP contribution in [-0.4, -0.2) is 47.5 Å². The molecule has 1 N–H and O–H groups in total. The van der Waals surface area contributed by atoms with E-state index in [0.29, 0.717) is 19.1 Å². The van der Waals surface area contributed by atoms with Crippen LogP contribution >= 0.6 is 11.3 Å². The number of hydrogen-bond donors (Lipinski definition) is 1. The molecule has 2 aromatic heterocycles. The molecule has 1 fully saturated rings. The lowest BCUT2D eigenvalue weighted by Gasteiger charge is -2.30. The van der Waals surface area contributed by atoms with Crippen LogP contribution in [0, 0.1) is 13.8 Å². The zero-order valence-electron chi connectivity index (χ0n) is 13.2. The summed E-state index contributed by atoms with van der Waals surface area (Å²) in [6.45, 7) is 6.11. The standard InChI is InChI=1S/C14H22N4O2S2/c1-10-9-18-13(11(2)16-14(18)21-10)8-15-12-4-6-17(7-5-12)22(3,19)20/h9,12,15H,4-8H2,1-3H3. The molecule has 0 saturated carbocycles. The highest BCUT2D eigenvalue weighted by Crippen LogP contribution is 2.21. The molecule has 0 aliphatic carbocycles. The Morgan fingerprint density at radius 3 is 2.68 bits per heavy atom. The normalized spacial score (nSPS) is 18.3. The van der Waals surface area contributed by atoms with E-state index in [9.17, 15) is 8.42 Å². The van der Waals surface area contributed by atoms with Crippen molar-refractivity contribution >= 4 is 26.3 Å². The molecule has 2 aromatic rings.